The molecule has 0 fully saturated rings. The fraction of sp³-hybridized carbons (Fsp3) is 0.474. The number of rotatable bonds is 6. The SMILES string of the molecule is Cl.O=C(CCC(=O)c1ccc2c(c1)CCC2)NCC1=CCNCC1. The van der Waals surface area contributed by atoms with Crippen molar-refractivity contribution in [1.82, 2.24) is 10.6 Å². The van der Waals surface area contributed by atoms with Gasteiger partial charge in [0.05, 0.1) is 0 Å². The number of aryl methyl sites for hydroxylation is 2. The third-order valence-electron chi connectivity index (χ3n) is 4.67. The molecule has 0 spiro atoms. The smallest absolute Gasteiger partial charge is 0.220 e. The Hall–Kier alpha value is -1.65. The topological polar surface area (TPSA) is 58.2 Å². The first kappa shape index (κ1) is 18.7. The number of amides is 1. The third-order valence-corrected chi connectivity index (χ3v) is 4.67. The highest BCUT2D eigenvalue weighted by molar-refractivity contribution is 5.98. The van der Waals surface area contributed by atoms with Crippen LogP contribution in [0.15, 0.2) is 29.8 Å². The van der Waals surface area contributed by atoms with Gasteiger partial charge in [0.15, 0.2) is 5.78 Å². The Morgan fingerprint density at radius 3 is 2.71 bits per heavy atom. The quantitative estimate of drug-likeness (QED) is 0.613. The van der Waals surface area contributed by atoms with Crippen molar-refractivity contribution >= 4 is 24.1 Å². The fourth-order valence-electron chi connectivity index (χ4n) is 3.25. The molecular weight excluding hydrogens is 324 g/mol. The molecule has 0 atom stereocenters. The minimum atomic E-state index is -0.0426. The summed E-state index contributed by atoms with van der Waals surface area (Å²) in [4.78, 5) is 24.2. The molecule has 1 aliphatic heterocycles. The van der Waals surface area contributed by atoms with E-state index >= 15 is 0 Å². The van der Waals surface area contributed by atoms with Crippen LogP contribution < -0.4 is 10.6 Å². The van der Waals surface area contributed by atoms with E-state index in [0.29, 0.717) is 6.54 Å². The van der Waals surface area contributed by atoms with Gasteiger partial charge in [-0.1, -0.05) is 23.8 Å². The summed E-state index contributed by atoms with van der Waals surface area (Å²) in [5.74, 6) is 0.0230. The van der Waals surface area contributed by atoms with Gasteiger partial charge in [-0.3, -0.25) is 9.59 Å². The summed E-state index contributed by atoms with van der Waals surface area (Å²) in [5, 5.41) is 6.16. The Morgan fingerprint density at radius 2 is 1.92 bits per heavy atom. The summed E-state index contributed by atoms with van der Waals surface area (Å²) < 4.78 is 0. The number of ketones is 1. The number of nitrogens with one attached hydrogen (secondary N) is 2. The number of carbonyl (C=O) groups excluding carboxylic acids is 2. The van der Waals surface area contributed by atoms with Crippen LogP contribution in [0.5, 0.6) is 0 Å². The van der Waals surface area contributed by atoms with Crippen molar-refractivity contribution in [2.75, 3.05) is 19.6 Å². The second-order valence-electron chi connectivity index (χ2n) is 6.35. The second kappa shape index (κ2) is 9.00. The van der Waals surface area contributed by atoms with Crippen molar-refractivity contribution in [3.05, 3.63) is 46.5 Å². The van der Waals surface area contributed by atoms with Crippen LogP contribution in [0.2, 0.25) is 0 Å². The lowest BCUT2D eigenvalue weighted by Crippen LogP contribution is -2.29. The third kappa shape index (κ3) is 4.92. The highest BCUT2D eigenvalue weighted by Gasteiger charge is 2.15. The standard InChI is InChI=1S/C19H24N2O2.ClH/c22-18(17-5-4-15-2-1-3-16(15)12-17)6-7-19(23)21-13-14-8-10-20-11-9-14;/h4-5,8,12,20H,1-3,6-7,9-11,13H2,(H,21,23);1H. The zero-order valence-electron chi connectivity index (χ0n) is 13.9. The van der Waals surface area contributed by atoms with E-state index in [1.165, 1.54) is 23.1 Å². The molecule has 0 saturated heterocycles. The number of carbonyl (C=O) groups is 2. The average Bonchev–Trinajstić information content (AvgIpc) is 3.06. The lowest BCUT2D eigenvalue weighted by molar-refractivity contribution is -0.120. The summed E-state index contributed by atoms with van der Waals surface area (Å²) in [7, 11) is 0. The molecule has 0 unspecified atom stereocenters. The lowest BCUT2D eigenvalue weighted by atomic mass is 10.0. The maximum Gasteiger partial charge on any atom is 0.220 e. The molecule has 2 N–H and O–H groups in total. The minimum absolute atomic E-state index is 0. The molecule has 1 heterocycles. The molecule has 130 valence electrons. The first-order chi connectivity index (χ1) is 11.2. The molecular formula is C19H25ClN2O2. The van der Waals surface area contributed by atoms with Gasteiger partial charge < -0.3 is 10.6 Å². The monoisotopic (exact) mass is 348 g/mol. The normalized spacial score (nSPS) is 15.9. The number of hydrogen-bond donors (Lipinski definition) is 2. The second-order valence-corrected chi connectivity index (χ2v) is 6.35. The van der Waals surface area contributed by atoms with Crippen LogP contribution in [-0.2, 0) is 17.6 Å². The number of Topliss-reactive ketones (excluding diaryl/α,β-unsaturated/α-hetero) is 1. The van der Waals surface area contributed by atoms with Gasteiger partial charge in [0.1, 0.15) is 0 Å². The summed E-state index contributed by atoms with van der Waals surface area (Å²) in [5.41, 5.74) is 4.69. The van der Waals surface area contributed by atoms with Gasteiger partial charge in [-0.2, -0.15) is 0 Å². The van der Waals surface area contributed by atoms with Crippen molar-refractivity contribution in [3.63, 3.8) is 0 Å². The van der Waals surface area contributed by atoms with E-state index in [1.54, 1.807) is 0 Å². The molecule has 1 amide bonds. The molecule has 5 heteroatoms. The molecule has 3 rings (SSSR count). The lowest BCUT2D eigenvalue weighted by Gasteiger charge is -2.14. The fourth-order valence-corrected chi connectivity index (χ4v) is 3.25. The summed E-state index contributed by atoms with van der Waals surface area (Å²) in [6.45, 7) is 2.45. The first-order valence-corrected chi connectivity index (χ1v) is 8.53. The van der Waals surface area contributed by atoms with Crippen LogP contribution in [0.1, 0.15) is 47.2 Å². The summed E-state index contributed by atoms with van der Waals surface area (Å²) in [6, 6.07) is 5.99. The molecule has 0 bridgehead atoms. The molecule has 1 aliphatic carbocycles. The van der Waals surface area contributed by atoms with Crippen LogP contribution in [0.3, 0.4) is 0 Å². The van der Waals surface area contributed by atoms with Crippen molar-refractivity contribution < 1.29 is 9.59 Å². The highest BCUT2D eigenvalue weighted by Crippen LogP contribution is 2.23. The zero-order valence-corrected chi connectivity index (χ0v) is 14.7. The molecule has 0 saturated carbocycles. The molecule has 1 aromatic rings. The number of hydrogen-bond acceptors (Lipinski definition) is 3. The van der Waals surface area contributed by atoms with Gasteiger partial charge >= 0.3 is 0 Å². The van der Waals surface area contributed by atoms with Crippen LogP contribution in [0.4, 0.5) is 0 Å². The highest BCUT2D eigenvalue weighted by atomic mass is 35.5. The van der Waals surface area contributed by atoms with E-state index in [-0.39, 0.29) is 36.9 Å². The van der Waals surface area contributed by atoms with Crippen molar-refractivity contribution in [3.8, 4) is 0 Å². The largest absolute Gasteiger partial charge is 0.352 e. The number of benzene rings is 1. The van der Waals surface area contributed by atoms with E-state index in [2.05, 4.69) is 22.8 Å². The molecule has 24 heavy (non-hydrogen) atoms. The van der Waals surface area contributed by atoms with E-state index in [4.69, 9.17) is 0 Å². The summed E-state index contributed by atoms with van der Waals surface area (Å²) in [6.07, 6.45) is 7.03. The predicted molar refractivity (Wildman–Crippen MR) is 97.9 cm³/mol. The van der Waals surface area contributed by atoms with E-state index in [0.717, 1.165) is 37.9 Å². The van der Waals surface area contributed by atoms with Gasteiger partial charge in [-0.15, -0.1) is 12.4 Å². The molecule has 0 aromatic heterocycles. The van der Waals surface area contributed by atoms with E-state index in [9.17, 15) is 9.59 Å². The Kier molecular flexibility index (Phi) is 7.00. The summed E-state index contributed by atoms with van der Waals surface area (Å²) >= 11 is 0. The van der Waals surface area contributed by atoms with Crippen molar-refractivity contribution in [2.24, 2.45) is 0 Å². The zero-order chi connectivity index (χ0) is 16.1. The Morgan fingerprint density at radius 1 is 1.08 bits per heavy atom. The van der Waals surface area contributed by atoms with Crippen molar-refractivity contribution in [1.29, 1.82) is 0 Å². The van der Waals surface area contributed by atoms with E-state index in [1.807, 2.05) is 12.1 Å². The van der Waals surface area contributed by atoms with Crippen LogP contribution in [0.25, 0.3) is 0 Å². The number of fused-ring (bicyclic) bond motifs is 1. The average molecular weight is 349 g/mol. The van der Waals surface area contributed by atoms with Gasteiger partial charge in [0.2, 0.25) is 5.91 Å². The van der Waals surface area contributed by atoms with Gasteiger partial charge in [0.25, 0.3) is 0 Å². The van der Waals surface area contributed by atoms with Gasteiger partial charge in [0, 0.05) is 31.5 Å². The molecule has 0 radical (unpaired) electrons. The van der Waals surface area contributed by atoms with Crippen molar-refractivity contribution in [2.45, 2.75) is 38.5 Å². The maximum atomic E-state index is 12.3. The predicted octanol–water partition coefficient (Wildman–Crippen LogP) is 2.60. The Bertz CT molecular complexity index is 640. The molecule has 2 aliphatic rings. The molecule has 1 aromatic carbocycles. The van der Waals surface area contributed by atoms with Crippen LogP contribution in [-0.4, -0.2) is 31.3 Å². The van der Waals surface area contributed by atoms with Gasteiger partial charge in [-0.25, -0.2) is 0 Å². The van der Waals surface area contributed by atoms with Crippen LogP contribution in [0, 0.1) is 0 Å². The number of halogens is 1. The Balaban J connectivity index is 0.00000208. The van der Waals surface area contributed by atoms with Crippen LogP contribution >= 0.6 is 12.4 Å². The molecule has 4 nitrogen and oxygen atoms in total. The first-order valence-electron chi connectivity index (χ1n) is 8.53. The van der Waals surface area contributed by atoms with E-state index < -0.39 is 0 Å². The maximum absolute atomic E-state index is 12.3. The Labute approximate surface area is 149 Å². The van der Waals surface area contributed by atoms with Gasteiger partial charge in [-0.05, 0) is 49.4 Å². The minimum Gasteiger partial charge on any atom is -0.352 e.